The number of aryl methyl sites for hydroxylation is 1. The molecule has 10 heteroatoms. The van der Waals surface area contributed by atoms with Gasteiger partial charge in [0.05, 0.1) is 17.6 Å². The fraction of sp³-hybridized carbons (Fsp3) is 0.235. The maximum absolute atomic E-state index is 12.1. The van der Waals surface area contributed by atoms with Crippen LogP contribution in [0.25, 0.3) is 11.1 Å². The minimum atomic E-state index is -0.682. The van der Waals surface area contributed by atoms with E-state index in [4.69, 9.17) is 31.2 Å². The summed E-state index contributed by atoms with van der Waals surface area (Å²) >= 11 is 5.86. The Morgan fingerprint density at radius 1 is 1.26 bits per heavy atom. The highest BCUT2D eigenvalue weighted by Gasteiger charge is 2.24. The lowest BCUT2D eigenvalue weighted by atomic mass is 10.2. The van der Waals surface area contributed by atoms with Gasteiger partial charge in [0, 0.05) is 6.20 Å². The van der Waals surface area contributed by atoms with Gasteiger partial charge in [-0.25, -0.2) is 19.6 Å². The van der Waals surface area contributed by atoms with Crippen LogP contribution < -0.4 is 5.73 Å². The van der Waals surface area contributed by atoms with Crippen LogP contribution in [0.4, 0.5) is 5.82 Å². The molecule has 0 radical (unpaired) electrons. The number of aromatic nitrogens is 3. The van der Waals surface area contributed by atoms with Gasteiger partial charge in [-0.05, 0) is 26.0 Å². The first-order chi connectivity index (χ1) is 12.9. The first-order valence-electron chi connectivity index (χ1n) is 7.92. The molecule has 27 heavy (non-hydrogen) atoms. The molecule has 0 aliphatic heterocycles. The van der Waals surface area contributed by atoms with E-state index in [1.165, 1.54) is 12.3 Å². The molecule has 3 aromatic rings. The predicted octanol–water partition coefficient (Wildman–Crippen LogP) is 2.70. The van der Waals surface area contributed by atoms with Crippen molar-refractivity contribution >= 4 is 40.5 Å². The van der Waals surface area contributed by atoms with Crippen LogP contribution in [0.15, 0.2) is 22.7 Å². The summed E-state index contributed by atoms with van der Waals surface area (Å²) < 4.78 is 15.6. The third-order valence-electron chi connectivity index (χ3n) is 3.59. The molecule has 0 aliphatic carbocycles. The summed E-state index contributed by atoms with van der Waals surface area (Å²) in [5.74, 6) is -0.823. The van der Waals surface area contributed by atoms with Crippen molar-refractivity contribution in [1.29, 1.82) is 0 Å². The molecule has 0 atom stereocenters. The van der Waals surface area contributed by atoms with Crippen LogP contribution in [0, 0.1) is 6.92 Å². The van der Waals surface area contributed by atoms with E-state index in [2.05, 4.69) is 15.0 Å². The van der Waals surface area contributed by atoms with Crippen molar-refractivity contribution in [1.82, 2.24) is 15.0 Å². The molecule has 3 heterocycles. The van der Waals surface area contributed by atoms with Gasteiger partial charge in [0.15, 0.2) is 12.4 Å². The summed E-state index contributed by atoms with van der Waals surface area (Å²) in [6.07, 6.45) is 1.46. The number of nitrogen functional groups attached to an aromatic ring is 1. The molecule has 140 valence electrons. The van der Waals surface area contributed by atoms with Crippen LogP contribution in [0.3, 0.4) is 0 Å². The zero-order chi connectivity index (χ0) is 19.6. The number of hydrogen-bond donors (Lipinski definition) is 1. The van der Waals surface area contributed by atoms with E-state index in [0.717, 1.165) is 0 Å². The number of carbonyl (C=O) groups is 2. The van der Waals surface area contributed by atoms with E-state index in [0.29, 0.717) is 5.76 Å². The van der Waals surface area contributed by atoms with Gasteiger partial charge < -0.3 is 19.6 Å². The Morgan fingerprint density at radius 3 is 2.74 bits per heavy atom. The largest absolute Gasteiger partial charge is 0.462 e. The van der Waals surface area contributed by atoms with Gasteiger partial charge in [-0.1, -0.05) is 11.6 Å². The summed E-state index contributed by atoms with van der Waals surface area (Å²) in [6.45, 7) is 3.23. The van der Waals surface area contributed by atoms with Gasteiger partial charge in [-0.15, -0.1) is 0 Å². The monoisotopic (exact) mass is 390 g/mol. The standard InChI is InChI=1S/C17H15ClN4O5/c1-3-25-17(24)11-8(2)27-15-12(11)14(19)21-10(22-15)7-26-16(23)9-5-4-6-20-13(9)18/h4-6H,3,7H2,1-2H3,(H2,19,21,22). The molecule has 0 aromatic carbocycles. The number of nitrogens with zero attached hydrogens (tertiary/aromatic N) is 3. The van der Waals surface area contributed by atoms with E-state index in [-0.39, 0.29) is 52.2 Å². The molecular weight excluding hydrogens is 376 g/mol. The average molecular weight is 391 g/mol. The number of anilines is 1. The molecule has 0 fully saturated rings. The first-order valence-corrected chi connectivity index (χ1v) is 8.30. The lowest BCUT2D eigenvalue weighted by molar-refractivity contribution is 0.0461. The van der Waals surface area contributed by atoms with Crippen LogP contribution in [-0.4, -0.2) is 33.5 Å². The van der Waals surface area contributed by atoms with Crippen LogP contribution in [-0.2, 0) is 16.1 Å². The van der Waals surface area contributed by atoms with Crippen LogP contribution >= 0.6 is 11.6 Å². The maximum atomic E-state index is 12.1. The molecule has 0 saturated carbocycles. The Hall–Kier alpha value is -3.20. The molecule has 3 aromatic heterocycles. The Kier molecular flexibility index (Phi) is 5.22. The number of halogens is 1. The van der Waals surface area contributed by atoms with E-state index in [1.54, 1.807) is 19.9 Å². The predicted molar refractivity (Wildman–Crippen MR) is 95.3 cm³/mol. The molecule has 0 bridgehead atoms. The number of furan rings is 1. The fourth-order valence-corrected chi connectivity index (χ4v) is 2.64. The average Bonchev–Trinajstić information content (AvgIpc) is 2.96. The molecule has 0 aliphatic rings. The number of fused-ring (bicyclic) bond motifs is 1. The summed E-state index contributed by atoms with van der Waals surface area (Å²) in [5, 5.41) is 0.287. The SMILES string of the molecule is CCOC(=O)c1c(C)oc2nc(COC(=O)c3cccnc3Cl)nc(N)c12. The quantitative estimate of drug-likeness (QED) is 0.515. The molecule has 9 nitrogen and oxygen atoms in total. The summed E-state index contributed by atoms with van der Waals surface area (Å²) in [4.78, 5) is 36.2. The van der Waals surface area contributed by atoms with Crippen molar-refractivity contribution in [2.24, 2.45) is 0 Å². The maximum Gasteiger partial charge on any atom is 0.342 e. The van der Waals surface area contributed by atoms with Gasteiger partial charge >= 0.3 is 11.9 Å². The lowest BCUT2D eigenvalue weighted by Crippen LogP contribution is -2.10. The molecular formula is C17H15ClN4O5. The molecule has 0 spiro atoms. The second-order valence-electron chi connectivity index (χ2n) is 5.38. The number of pyridine rings is 1. The highest BCUT2D eigenvalue weighted by atomic mass is 35.5. The van der Waals surface area contributed by atoms with Crippen molar-refractivity contribution in [3.05, 3.63) is 46.2 Å². The first kappa shape index (κ1) is 18.6. The molecule has 0 amide bonds. The highest BCUT2D eigenvalue weighted by molar-refractivity contribution is 6.32. The third-order valence-corrected chi connectivity index (χ3v) is 3.89. The normalized spacial score (nSPS) is 10.8. The van der Waals surface area contributed by atoms with Crippen LogP contribution in [0.2, 0.25) is 5.15 Å². The van der Waals surface area contributed by atoms with E-state index >= 15 is 0 Å². The van der Waals surface area contributed by atoms with Gasteiger partial charge in [0.1, 0.15) is 22.3 Å². The van der Waals surface area contributed by atoms with E-state index in [1.807, 2.05) is 0 Å². The second-order valence-corrected chi connectivity index (χ2v) is 5.73. The smallest absolute Gasteiger partial charge is 0.342 e. The Balaban J connectivity index is 1.86. The summed E-state index contributed by atoms with van der Waals surface area (Å²) in [6, 6.07) is 3.04. The van der Waals surface area contributed by atoms with Crippen molar-refractivity contribution in [3.63, 3.8) is 0 Å². The van der Waals surface area contributed by atoms with Gasteiger partial charge in [-0.2, -0.15) is 4.98 Å². The highest BCUT2D eigenvalue weighted by Crippen LogP contribution is 2.29. The topological polar surface area (TPSA) is 130 Å². The van der Waals surface area contributed by atoms with Gasteiger partial charge in [-0.3, -0.25) is 0 Å². The fourth-order valence-electron chi connectivity index (χ4n) is 2.44. The molecule has 2 N–H and O–H groups in total. The molecule has 0 unspecified atom stereocenters. The number of hydrogen-bond acceptors (Lipinski definition) is 9. The van der Waals surface area contributed by atoms with Gasteiger partial charge in [0.25, 0.3) is 0 Å². The van der Waals surface area contributed by atoms with Crippen LogP contribution in [0.5, 0.6) is 0 Å². The Labute approximate surface area is 158 Å². The number of ether oxygens (including phenoxy) is 2. The second kappa shape index (κ2) is 7.58. The Bertz CT molecular complexity index is 1030. The third kappa shape index (κ3) is 3.68. The van der Waals surface area contributed by atoms with Crippen molar-refractivity contribution in [2.45, 2.75) is 20.5 Å². The number of esters is 2. The summed E-state index contributed by atoms with van der Waals surface area (Å²) in [5.41, 5.74) is 6.35. The number of rotatable bonds is 5. The van der Waals surface area contributed by atoms with Crippen molar-refractivity contribution in [3.8, 4) is 0 Å². The Morgan fingerprint density at radius 2 is 2.04 bits per heavy atom. The zero-order valence-corrected chi connectivity index (χ0v) is 15.2. The number of carbonyl (C=O) groups excluding carboxylic acids is 2. The minimum absolute atomic E-state index is 0.0189. The van der Waals surface area contributed by atoms with Gasteiger partial charge in [0.2, 0.25) is 5.71 Å². The van der Waals surface area contributed by atoms with E-state index < -0.39 is 11.9 Å². The summed E-state index contributed by atoms with van der Waals surface area (Å²) in [7, 11) is 0. The molecule has 3 rings (SSSR count). The zero-order valence-electron chi connectivity index (χ0n) is 14.5. The van der Waals surface area contributed by atoms with Crippen molar-refractivity contribution in [2.75, 3.05) is 12.3 Å². The minimum Gasteiger partial charge on any atom is -0.462 e. The molecule has 0 saturated heterocycles. The van der Waals surface area contributed by atoms with Crippen LogP contribution in [0.1, 0.15) is 39.2 Å². The number of nitrogens with two attached hydrogens (primary N) is 1. The lowest BCUT2D eigenvalue weighted by Gasteiger charge is -2.06. The van der Waals surface area contributed by atoms with Crippen molar-refractivity contribution < 1.29 is 23.5 Å². The van der Waals surface area contributed by atoms with E-state index in [9.17, 15) is 9.59 Å².